The van der Waals surface area contributed by atoms with Gasteiger partial charge in [0.1, 0.15) is 0 Å². The smallest absolute Gasteiger partial charge is 0.411 e. The summed E-state index contributed by atoms with van der Waals surface area (Å²) in [7, 11) is 5.64. The average molecular weight is 607 g/mol. The van der Waals surface area contributed by atoms with Crippen molar-refractivity contribution in [3.63, 3.8) is 0 Å². The molecule has 0 atom stereocenters. The lowest BCUT2D eigenvalue weighted by atomic mass is 10.2. The normalized spacial score (nSPS) is 13.9. The van der Waals surface area contributed by atoms with E-state index in [1.54, 1.807) is 0 Å². The molecule has 4 N–H and O–H groups in total. The fourth-order valence-corrected chi connectivity index (χ4v) is 4.62. The molecular weight excluding hydrogens is 564 g/mol. The first-order valence-corrected chi connectivity index (χ1v) is 14.0. The second-order valence-corrected chi connectivity index (χ2v) is 9.72. The lowest BCUT2D eigenvalue weighted by molar-refractivity contribution is 0.149. The average Bonchev–Trinajstić information content (AvgIpc) is 3.24. The number of carbonyl (C=O) groups is 2. The Morgan fingerprint density at radius 2 is 1.00 bits per heavy atom. The third-order valence-corrected chi connectivity index (χ3v) is 6.84. The molecule has 1 heterocycles. The molecule has 1 aliphatic heterocycles. The Hall–Kier alpha value is -4.30. The summed E-state index contributed by atoms with van der Waals surface area (Å²) in [5, 5.41) is 25.2. The van der Waals surface area contributed by atoms with E-state index in [-0.39, 0.29) is 47.7 Å². The summed E-state index contributed by atoms with van der Waals surface area (Å²) in [5.74, 6) is 0.414. The first kappa shape index (κ1) is 33.2. The molecule has 0 saturated carbocycles. The van der Waals surface area contributed by atoms with Gasteiger partial charge in [0.15, 0.2) is 23.0 Å². The minimum absolute atomic E-state index is 0.147. The third kappa shape index (κ3) is 10.2. The van der Waals surface area contributed by atoms with Crippen molar-refractivity contribution in [1.82, 2.24) is 9.80 Å². The summed E-state index contributed by atoms with van der Waals surface area (Å²) in [4.78, 5) is 29.1. The molecule has 14 heteroatoms. The van der Waals surface area contributed by atoms with E-state index in [0.29, 0.717) is 24.2 Å². The molecule has 0 spiro atoms. The van der Waals surface area contributed by atoms with Crippen LogP contribution in [0.15, 0.2) is 24.3 Å². The number of methoxy groups -OCH3 is 4. The quantitative estimate of drug-likeness (QED) is 0.183. The van der Waals surface area contributed by atoms with Gasteiger partial charge in [-0.3, -0.25) is 10.6 Å². The number of nitrogens with one attached hydrogen (secondary N) is 2. The number of aromatic hydroxyl groups is 2. The molecule has 238 valence electrons. The van der Waals surface area contributed by atoms with Crippen molar-refractivity contribution in [2.75, 3.05) is 91.6 Å². The van der Waals surface area contributed by atoms with Crippen LogP contribution in [0, 0.1) is 0 Å². The molecule has 2 aromatic rings. The first-order valence-electron chi connectivity index (χ1n) is 14.0. The van der Waals surface area contributed by atoms with E-state index in [2.05, 4.69) is 20.4 Å². The van der Waals surface area contributed by atoms with Crippen molar-refractivity contribution in [2.24, 2.45) is 0 Å². The number of benzene rings is 2. The van der Waals surface area contributed by atoms with Crippen molar-refractivity contribution in [3.8, 4) is 34.5 Å². The van der Waals surface area contributed by atoms with Gasteiger partial charge in [0.25, 0.3) is 0 Å². The van der Waals surface area contributed by atoms with Gasteiger partial charge in [-0.2, -0.15) is 0 Å². The summed E-state index contributed by atoms with van der Waals surface area (Å²) in [6.07, 6.45) is 1.19. The fraction of sp³-hybridized carbons (Fsp3) is 0.517. The van der Waals surface area contributed by atoms with Crippen LogP contribution in [-0.4, -0.2) is 113 Å². The molecule has 1 aliphatic rings. The van der Waals surface area contributed by atoms with Crippen LogP contribution in [0.5, 0.6) is 34.5 Å². The lowest BCUT2D eigenvalue weighted by Crippen LogP contribution is -2.32. The summed E-state index contributed by atoms with van der Waals surface area (Å²) in [5.41, 5.74) is 0.766. The highest BCUT2D eigenvalue weighted by atomic mass is 16.6. The number of ether oxygens (including phenoxy) is 6. The Kier molecular flexibility index (Phi) is 13.1. The number of hydrogen-bond donors (Lipinski definition) is 4. The molecule has 2 amide bonds. The maximum absolute atomic E-state index is 12.2. The van der Waals surface area contributed by atoms with Crippen molar-refractivity contribution in [1.29, 1.82) is 0 Å². The topological polar surface area (TPSA) is 161 Å². The highest BCUT2D eigenvalue weighted by molar-refractivity contribution is 5.86. The second kappa shape index (κ2) is 17.0. The van der Waals surface area contributed by atoms with Crippen LogP contribution in [-0.2, 0) is 9.47 Å². The summed E-state index contributed by atoms with van der Waals surface area (Å²) < 4.78 is 31.0. The van der Waals surface area contributed by atoms with Gasteiger partial charge < -0.3 is 48.4 Å². The number of amides is 2. The van der Waals surface area contributed by atoms with Crippen LogP contribution >= 0.6 is 0 Å². The number of anilines is 2. The van der Waals surface area contributed by atoms with Gasteiger partial charge in [-0.05, 0) is 32.4 Å². The van der Waals surface area contributed by atoms with E-state index >= 15 is 0 Å². The van der Waals surface area contributed by atoms with E-state index in [0.717, 1.165) is 45.7 Å². The van der Waals surface area contributed by atoms with Crippen molar-refractivity contribution >= 4 is 23.6 Å². The Morgan fingerprint density at radius 1 is 0.651 bits per heavy atom. The molecule has 0 bridgehead atoms. The van der Waals surface area contributed by atoms with Gasteiger partial charge in [0.2, 0.25) is 11.5 Å². The molecule has 0 aromatic heterocycles. The number of phenols is 2. The standard InChI is InChI=1S/C29H42N4O10/c1-38-22-16-20(17-23(39-2)26(22)34)30-28(36)42-14-6-10-32-8-5-9-33(13-12-32)11-7-15-43-29(37)31-21-18-24(40-3)27(35)25(19-21)41-4/h16-19,34-35H,5-15H2,1-4H3,(H,30,36)(H,31,37). The summed E-state index contributed by atoms with van der Waals surface area (Å²) in [6, 6.07) is 5.93. The highest BCUT2D eigenvalue weighted by Crippen LogP contribution is 2.39. The van der Waals surface area contributed by atoms with Crippen molar-refractivity contribution < 1.29 is 48.2 Å². The Bertz CT molecular complexity index is 1070. The lowest BCUT2D eigenvalue weighted by Gasteiger charge is -2.21. The van der Waals surface area contributed by atoms with Crippen molar-refractivity contribution in [3.05, 3.63) is 24.3 Å². The molecule has 43 heavy (non-hydrogen) atoms. The number of rotatable bonds is 14. The minimum Gasteiger partial charge on any atom is -0.502 e. The predicted molar refractivity (Wildman–Crippen MR) is 159 cm³/mol. The van der Waals surface area contributed by atoms with Crippen LogP contribution < -0.4 is 29.6 Å². The fourth-order valence-electron chi connectivity index (χ4n) is 4.62. The van der Waals surface area contributed by atoms with Gasteiger partial charge in [0.05, 0.1) is 53.0 Å². The monoisotopic (exact) mass is 606 g/mol. The summed E-state index contributed by atoms with van der Waals surface area (Å²) >= 11 is 0. The van der Waals surface area contributed by atoms with E-state index in [1.165, 1.54) is 52.7 Å². The zero-order valence-corrected chi connectivity index (χ0v) is 25.1. The molecule has 1 fully saturated rings. The predicted octanol–water partition coefficient (Wildman–Crippen LogP) is 3.72. The molecule has 2 aromatic carbocycles. The molecular formula is C29H42N4O10. The maximum atomic E-state index is 12.2. The van der Waals surface area contributed by atoms with Gasteiger partial charge in [-0.1, -0.05) is 0 Å². The molecule has 0 aliphatic carbocycles. The Morgan fingerprint density at radius 3 is 1.33 bits per heavy atom. The van der Waals surface area contributed by atoms with Gasteiger partial charge in [0, 0.05) is 50.4 Å². The van der Waals surface area contributed by atoms with Crippen molar-refractivity contribution in [2.45, 2.75) is 19.3 Å². The molecule has 0 unspecified atom stereocenters. The van der Waals surface area contributed by atoms with Gasteiger partial charge in [-0.15, -0.1) is 0 Å². The van der Waals surface area contributed by atoms with Crippen LogP contribution in [0.3, 0.4) is 0 Å². The molecule has 0 radical (unpaired) electrons. The minimum atomic E-state index is -0.602. The SMILES string of the molecule is COc1cc(NC(=O)OCCCN2CCCN(CCCOC(=O)Nc3cc(OC)c(O)c(OC)c3)CC2)cc(OC)c1O. The highest BCUT2D eigenvalue weighted by Gasteiger charge is 2.17. The van der Waals surface area contributed by atoms with Gasteiger partial charge in [-0.25, -0.2) is 9.59 Å². The third-order valence-electron chi connectivity index (χ3n) is 6.84. The Balaban J connectivity index is 1.29. The Labute approximate surface area is 251 Å². The largest absolute Gasteiger partial charge is 0.502 e. The van der Waals surface area contributed by atoms with E-state index in [9.17, 15) is 19.8 Å². The number of carbonyl (C=O) groups excluding carboxylic acids is 2. The maximum Gasteiger partial charge on any atom is 0.411 e. The zero-order chi connectivity index (χ0) is 31.2. The van der Waals surface area contributed by atoms with Crippen LogP contribution in [0.25, 0.3) is 0 Å². The number of nitrogens with zero attached hydrogens (tertiary/aromatic N) is 2. The van der Waals surface area contributed by atoms with E-state index < -0.39 is 12.2 Å². The van der Waals surface area contributed by atoms with E-state index in [4.69, 9.17) is 28.4 Å². The van der Waals surface area contributed by atoms with Crippen LogP contribution in [0.2, 0.25) is 0 Å². The number of phenolic OH excluding ortho intramolecular Hbond substituents is 2. The molecule has 1 saturated heterocycles. The zero-order valence-electron chi connectivity index (χ0n) is 25.1. The molecule has 14 nitrogen and oxygen atoms in total. The number of hydrogen-bond acceptors (Lipinski definition) is 12. The molecule has 3 rings (SSSR count). The summed E-state index contributed by atoms with van der Waals surface area (Å²) in [6.45, 7) is 5.83. The van der Waals surface area contributed by atoms with Gasteiger partial charge >= 0.3 is 12.2 Å². The van der Waals surface area contributed by atoms with E-state index in [1.807, 2.05) is 0 Å². The van der Waals surface area contributed by atoms with Crippen LogP contribution in [0.1, 0.15) is 19.3 Å². The van der Waals surface area contributed by atoms with Crippen LogP contribution in [0.4, 0.5) is 21.0 Å². The second-order valence-electron chi connectivity index (χ2n) is 9.72. The first-order chi connectivity index (χ1) is 20.8.